The third-order valence-electron chi connectivity index (χ3n) is 9.64. The Balaban J connectivity index is 2.54. The van der Waals surface area contributed by atoms with Crippen LogP contribution < -0.4 is 5.32 Å². The monoisotopic (exact) mass is 714 g/mol. The molecule has 294 valence electrons. The quantitative estimate of drug-likeness (QED) is 0.0320. The van der Waals surface area contributed by atoms with Gasteiger partial charge in [0.05, 0.1) is 25.4 Å². The van der Waals surface area contributed by atoms with Crippen LogP contribution in [-0.4, -0.2) is 98.7 Å². The molecule has 0 aromatic heterocycles. The lowest BCUT2D eigenvalue weighted by Crippen LogP contribution is -2.60. The molecule has 0 radical (unpaired) electrons. The molecule has 1 aliphatic rings. The fraction of sp³-hybridized carbons (Fsp3) is 0.875. The maximum Gasteiger partial charge on any atom is 0.249 e. The number of aliphatic hydroxyl groups is 6. The topological polar surface area (TPSA) is 169 Å². The molecule has 7 N–H and O–H groups in total. The van der Waals surface area contributed by atoms with Crippen LogP contribution in [0.1, 0.15) is 162 Å². The van der Waals surface area contributed by atoms with Gasteiger partial charge in [-0.15, -0.1) is 0 Å². The fourth-order valence-electron chi connectivity index (χ4n) is 6.24. The van der Waals surface area contributed by atoms with E-state index in [0.717, 1.165) is 32.1 Å². The van der Waals surface area contributed by atoms with Gasteiger partial charge in [-0.1, -0.05) is 154 Å². The Labute approximate surface area is 303 Å². The normalized spacial score (nSPS) is 23.1. The molecule has 0 saturated carbocycles. The number of hydrogen-bond acceptors (Lipinski definition) is 9. The van der Waals surface area contributed by atoms with Gasteiger partial charge in [0.1, 0.15) is 30.5 Å². The van der Waals surface area contributed by atoms with Crippen molar-refractivity contribution in [1.29, 1.82) is 0 Å². The van der Waals surface area contributed by atoms with Crippen molar-refractivity contribution in [2.24, 2.45) is 0 Å². The summed E-state index contributed by atoms with van der Waals surface area (Å²) in [6.45, 7) is 3.54. The first-order valence-corrected chi connectivity index (χ1v) is 20.2. The number of hydrogen-bond donors (Lipinski definition) is 7. The lowest BCUT2D eigenvalue weighted by molar-refractivity contribution is -0.302. The molecule has 50 heavy (non-hydrogen) atoms. The van der Waals surface area contributed by atoms with Crippen molar-refractivity contribution in [2.45, 2.75) is 210 Å². The largest absolute Gasteiger partial charge is 0.394 e. The molecule has 1 heterocycles. The van der Waals surface area contributed by atoms with Crippen molar-refractivity contribution in [3.8, 4) is 0 Å². The summed E-state index contributed by atoms with van der Waals surface area (Å²) >= 11 is 0. The molecular weight excluding hydrogens is 638 g/mol. The second-order valence-corrected chi connectivity index (χ2v) is 14.2. The van der Waals surface area contributed by atoms with Crippen LogP contribution >= 0.6 is 0 Å². The summed E-state index contributed by atoms with van der Waals surface area (Å²) in [5.41, 5.74) is 0. The van der Waals surface area contributed by atoms with Gasteiger partial charge in [0, 0.05) is 0 Å². The molecular formula is C40H75NO9. The van der Waals surface area contributed by atoms with E-state index in [1.165, 1.54) is 96.3 Å². The second-order valence-electron chi connectivity index (χ2n) is 14.2. The number of ether oxygens (including phenoxy) is 2. The molecule has 1 aliphatic heterocycles. The van der Waals surface area contributed by atoms with Gasteiger partial charge in [-0.25, -0.2) is 0 Å². The van der Waals surface area contributed by atoms with E-state index in [2.05, 4.69) is 31.3 Å². The van der Waals surface area contributed by atoms with Crippen LogP contribution in [0.15, 0.2) is 24.3 Å². The number of nitrogens with one attached hydrogen (secondary N) is 1. The molecule has 1 amide bonds. The highest BCUT2D eigenvalue weighted by atomic mass is 16.7. The van der Waals surface area contributed by atoms with E-state index in [4.69, 9.17) is 9.47 Å². The first kappa shape index (κ1) is 46.7. The minimum Gasteiger partial charge on any atom is -0.394 e. The second kappa shape index (κ2) is 31.2. The van der Waals surface area contributed by atoms with Crippen LogP contribution in [0.2, 0.25) is 0 Å². The molecule has 1 saturated heterocycles. The van der Waals surface area contributed by atoms with E-state index in [9.17, 15) is 35.4 Å². The van der Waals surface area contributed by atoms with Gasteiger partial charge in [0.15, 0.2) is 6.29 Å². The van der Waals surface area contributed by atoms with Crippen molar-refractivity contribution >= 4 is 5.91 Å². The predicted molar refractivity (Wildman–Crippen MR) is 199 cm³/mol. The number of allylic oxidation sites excluding steroid dienone is 3. The minimum absolute atomic E-state index is 0.306. The molecule has 2 unspecified atom stereocenters. The predicted octanol–water partition coefficient (Wildman–Crippen LogP) is 6.13. The lowest BCUT2D eigenvalue weighted by Gasteiger charge is -2.40. The van der Waals surface area contributed by atoms with Gasteiger partial charge in [-0.2, -0.15) is 0 Å². The molecule has 0 aromatic carbocycles. The number of aliphatic hydroxyl groups excluding tert-OH is 6. The molecule has 1 rings (SSSR count). The summed E-state index contributed by atoms with van der Waals surface area (Å²) in [7, 11) is 0. The van der Waals surface area contributed by atoms with E-state index in [1.54, 1.807) is 6.08 Å². The van der Waals surface area contributed by atoms with Crippen molar-refractivity contribution in [1.82, 2.24) is 5.32 Å². The van der Waals surface area contributed by atoms with Crippen LogP contribution in [-0.2, 0) is 14.3 Å². The van der Waals surface area contributed by atoms with Crippen LogP contribution in [0.25, 0.3) is 0 Å². The zero-order valence-corrected chi connectivity index (χ0v) is 31.5. The number of amides is 1. The summed E-state index contributed by atoms with van der Waals surface area (Å²) in [6.07, 6.45) is 24.1. The van der Waals surface area contributed by atoms with Crippen molar-refractivity contribution < 1.29 is 44.9 Å². The lowest BCUT2D eigenvalue weighted by atomic mass is 9.99. The van der Waals surface area contributed by atoms with Gasteiger partial charge < -0.3 is 45.4 Å². The van der Waals surface area contributed by atoms with Crippen molar-refractivity contribution in [2.75, 3.05) is 13.2 Å². The van der Waals surface area contributed by atoms with Crippen LogP contribution in [0.4, 0.5) is 0 Å². The Morgan fingerprint density at radius 2 is 1.18 bits per heavy atom. The average molecular weight is 714 g/mol. The van der Waals surface area contributed by atoms with Gasteiger partial charge in [0.25, 0.3) is 0 Å². The van der Waals surface area contributed by atoms with Gasteiger partial charge in [0.2, 0.25) is 5.91 Å². The molecule has 10 nitrogen and oxygen atoms in total. The SMILES string of the molecule is CCCCCCCCC/C=C\CC/C=C/[C@@H](O)[C@H](CO[C@@H]1O[C@H](CO)[C@@H](O)C(O)C1O)NC(=O)[C@H](O)CCCCCCCCCCCCCC. The molecule has 8 atom stereocenters. The summed E-state index contributed by atoms with van der Waals surface area (Å²) in [5.74, 6) is -0.628. The fourth-order valence-corrected chi connectivity index (χ4v) is 6.24. The summed E-state index contributed by atoms with van der Waals surface area (Å²) < 4.78 is 11.1. The Bertz CT molecular complexity index is 855. The van der Waals surface area contributed by atoms with Crippen LogP contribution in [0.3, 0.4) is 0 Å². The summed E-state index contributed by atoms with van der Waals surface area (Å²) in [5, 5.41) is 64.3. The standard InChI is InChI=1S/C40H75NO9/c1-3-5-7-9-11-13-15-17-19-20-22-24-26-28-33(43)32(31-49-40-38(47)37(46)36(45)35(30-42)50-40)41-39(48)34(44)29-27-25-23-21-18-16-14-12-10-8-6-4-2/h19-20,26,28,32-38,40,42-47H,3-18,21-25,27,29-31H2,1-2H3,(H,41,48)/b20-19-,28-26+/t32-,33+,34+,35+,36+,37?,38?,40+/m0/s1. The van der Waals surface area contributed by atoms with Crippen LogP contribution in [0, 0.1) is 0 Å². The summed E-state index contributed by atoms with van der Waals surface area (Å²) in [6, 6.07) is -0.990. The Hall–Kier alpha value is -1.37. The molecule has 10 heteroatoms. The highest BCUT2D eigenvalue weighted by molar-refractivity contribution is 5.80. The van der Waals surface area contributed by atoms with E-state index < -0.39 is 61.5 Å². The number of unbranched alkanes of at least 4 members (excludes halogenated alkanes) is 19. The Kier molecular flexibility index (Phi) is 29.1. The average Bonchev–Trinajstić information content (AvgIpc) is 3.11. The Morgan fingerprint density at radius 3 is 1.74 bits per heavy atom. The number of carbonyl (C=O) groups is 1. The molecule has 0 aliphatic carbocycles. The maximum atomic E-state index is 12.9. The first-order chi connectivity index (χ1) is 24.3. The smallest absolute Gasteiger partial charge is 0.249 e. The van der Waals surface area contributed by atoms with Gasteiger partial charge >= 0.3 is 0 Å². The minimum atomic E-state index is -1.61. The van der Waals surface area contributed by atoms with Gasteiger partial charge in [-0.3, -0.25) is 4.79 Å². The molecule has 0 aromatic rings. The maximum absolute atomic E-state index is 12.9. The molecule has 0 bridgehead atoms. The number of carbonyl (C=O) groups excluding carboxylic acids is 1. The van der Waals surface area contributed by atoms with E-state index in [0.29, 0.717) is 19.3 Å². The third kappa shape index (κ3) is 21.9. The van der Waals surface area contributed by atoms with Crippen LogP contribution in [0.5, 0.6) is 0 Å². The third-order valence-corrected chi connectivity index (χ3v) is 9.64. The zero-order chi connectivity index (χ0) is 36.8. The highest BCUT2D eigenvalue weighted by Crippen LogP contribution is 2.22. The first-order valence-electron chi connectivity index (χ1n) is 20.2. The number of rotatable bonds is 32. The van der Waals surface area contributed by atoms with E-state index in [1.807, 2.05) is 6.08 Å². The van der Waals surface area contributed by atoms with Crippen molar-refractivity contribution in [3.63, 3.8) is 0 Å². The Morgan fingerprint density at radius 1 is 0.680 bits per heavy atom. The molecule has 0 spiro atoms. The zero-order valence-electron chi connectivity index (χ0n) is 31.5. The van der Waals surface area contributed by atoms with Gasteiger partial charge in [-0.05, 0) is 32.1 Å². The van der Waals surface area contributed by atoms with E-state index >= 15 is 0 Å². The van der Waals surface area contributed by atoms with Crippen molar-refractivity contribution in [3.05, 3.63) is 24.3 Å². The molecule has 1 fully saturated rings. The van der Waals surface area contributed by atoms with E-state index in [-0.39, 0.29) is 6.61 Å². The summed E-state index contributed by atoms with van der Waals surface area (Å²) in [4.78, 5) is 12.9. The highest BCUT2D eigenvalue weighted by Gasteiger charge is 2.44.